The van der Waals surface area contributed by atoms with E-state index in [1.165, 1.54) is 5.56 Å². The smallest absolute Gasteiger partial charge is 0.254 e. The lowest BCUT2D eigenvalue weighted by Gasteiger charge is -2.08. The van der Waals surface area contributed by atoms with E-state index in [4.69, 9.17) is 0 Å². The normalized spacial score (nSPS) is 10.7. The Morgan fingerprint density at radius 2 is 2.04 bits per heavy atom. The minimum absolute atomic E-state index is 0.109. The van der Waals surface area contributed by atoms with Gasteiger partial charge in [-0.25, -0.2) is 9.97 Å². The molecule has 6 heteroatoms. The lowest BCUT2D eigenvalue weighted by Crippen LogP contribution is -2.14. The quantitative estimate of drug-likeness (QED) is 0.593. The van der Waals surface area contributed by atoms with Gasteiger partial charge in [0.15, 0.2) is 0 Å². The second-order valence-electron chi connectivity index (χ2n) is 6.22. The molecule has 0 amide bonds. The van der Waals surface area contributed by atoms with Crippen molar-refractivity contribution in [2.24, 2.45) is 0 Å². The standard InChI is InChI=1S/C20H21BrN4O/c1-13-14(2)24-19(25-20(13)26)16-8-9-18(23-12-16)22-10-4-6-15-5-3-7-17(21)11-15/h3,5,7-9,11-12H,4,6,10H2,1-2H3,(H,22,23)(H,24,25,26). The van der Waals surface area contributed by atoms with E-state index in [0.717, 1.165) is 40.9 Å². The minimum atomic E-state index is -0.109. The predicted octanol–water partition coefficient (Wildman–Crippen LogP) is 4.26. The molecular weight excluding hydrogens is 392 g/mol. The molecule has 0 radical (unpaired) electrons. The average Bonchev–Trinajstić information content (AvgIpc) is 2.63. The Morgan fingerprint density at radius 3 is 2.73 bits per heavy atom. The van der Waals surface area contributed by atoms with Crippen molar-refractivity contribution in [2.75, 3.05) is 11.9 Å². The number of hydrogen-bond donors (Lipinski definition) is 2. The zero-order valence-electron chi connectivity index (χ0n) is 14.8. The molecule has 0 bridgehead atoms. The Balaban J connectivity index is 1.57. The number of nitrogens with zero attached hydrogens (tertiary/aromatic N) is 2. The van der Waals surface area contributed by atoms with Crippen LogP contribution in [0.15, 0.2) is 51.9 Å². The predicted molar refractivity (Wildman–Crippen MR) is 109 cm³/mol. The van der Waals surface area contributed by atoms with Crippen molar-refractivity contribution < 1.29 is 0 Å². The molecule has 0 unspecified atom stereocenters. The number of nitrogens with one attached hydrogen (secondary N) is 2. The number of H-pyrrole nitrogens is 1. The van der Waals surface area contributed by atoms with Crippen LogP contribution in [0.4, 0.5) is 5.82 Å². The van der Waals surface area contributed by atoms with Crippen molar-refractivity contribution in [1.82, 2.24) is 15.0 Å². The van der Waals surface area contributed by atoms with Gasteiger partial charge in [0, 0.05) is 34.0 Å². The summed E-state index contributed by atoms with van der Waals surface area (Å²) in [6.45, 7) is 4.45. The summed E-state index contributed by atoms with van der Waals surface area (Å²) in [5, 5.41) is 3.32. The maximum Gasteiger partial charge on any atom is 0.254 e. The average molecular weight is 413 g/mol. The molecule has 0 spiro atoms. The van der Waals surface area contributed by atoms with E-state index in [1.54, 1.807) is 13.1 Å². The van der Waals surface area contributed by atoms with Crippen molar-refractivity contribution in [3.63, 3.8) is 0 Å². The third kappa shape index (κ3) is 4.58. The first kappa shape index (κ1) is 18.3. The van der Waals surface area contributed by atoms with E-state index in [-0.39, 0.29) is 5.56 Å². The van der Waals surface area contributed by atoms with Crippen molar-refractivity contribution in [2.45, 2.75) is 26.7 Å². The van der Waals surface area contributed by atoms with Gasteiger partial charge in [-0.3, -0.25) is 4.79 Å². The van der Waals surface area contributed by atoms with Crippen molar-refractivity contribution in [3.8, 4) is 11.4 Å². The zero-order valence-corrected chi connectivity index (χ0v) is 16.4. The second-order valence-corrected chi connectivity index (χ2v) is 7.13. The maximum absolute atomic E-state index is 11.9. The van der Waals surface area contributed by atoms with E-state index in [0.29, 0.717) is 11.4 Å². The molecule has 0 fully saturated rings. The highest BCUT2D eigenvalue weighted by molar-refractivity contribution is 9.10. The van der Waals surface area contributed by atoms with Crippen molar-refractivity contribution >= 4 is 21.7 Å². The molecule has 2 heterocycles. The first-order chi connectivity index (χ1) is 12.5. The van der Waals surface area contributed by atoms with Gasteiger partial charge < -0.3 is 10.3 Å². The number of benzene rings is 1. The molecule has 0 aliphatic rings. The molecule has 26 heavy (non-hydrogen) atoms. The first-order valence-corrected chi connectivity index (χ1v) is 9.34. The highest BCUT2D eigenvalue weighted by Crippen LogP contribution is 2.16. The molecule has 0 aliphatic heterocycles. The third-order valence-corrected chi connectivity index (χ3v) is 4.76. The summed E-state index contributed by atoms with van der Waals surface area (Å²) in [7, 11) is 0. The topological polar surface area (TPSA) is 70.7 Å². The fourth-order valence-corrected chi connectivity index (χ4v) is 3.07. The van der Waals surface area contributed by atoms with Gasteiger partial charge in [-0.15, -0.1) is 0 Å². The fraction of sp³-hybridized carbons (Fsp3) is 0.250. The zero-order chi connectivity index (χ0) is 18.5. The molecule has 2 N–H and O–H groups in total. The number of aromatic amines is 1. The van der Waals surface area contributed by atoms with Crippen LogP contribution in [0.3, 0.4) is 0 Å². The second kappa shape index (κ2) is 8.27. The Hall–Kier alpha value is -2.47. The largest absolute Gasteiger partial charge is 0.370 e. The van der Waals surface area contributed by atoms with Crippen molar-refractivity contribution in [3.05, 3.63) is 74.2 Å². The summed E-state index contributed by atoms with van der Waals surface area (Å²) < 4.78 is 1.11. The number of anilines is 1. The molecule has 0 saturated heterocycles. The molecule has 2 aromatic heterocycles. The summed E-state index contributed by atoms with van der Waals surface area (Å²) >= 11 is 3.49. The van der Waals surface area contributed by atoms with Crippen LogP contribution in [-0.2, 0) is 6.42 Å². The Bertz CT molecular complexity index is 951. The highest BCUT2D eigenvalue weighted by Gasteiger charge is 2.06. The van der Waals surface area contributed by atoms with Gasteiger partial charge in [0.05, 0.1) is 0 Å². The van der Waals surface area contributed by atoms with E-state index in [1.807, 2.05) is 25.1 Å². The van der Waals surface area contributed by atoms with Gasteiger partial charge in [0.2, 0.25) is 0 Å². The fourth-order valence-electron chi connectivity index (χ4n) is 2.62. The van der Waals surface area contributed by atoms with Gasteiger partial charge in [-0.2, -0.15) is 0 Å². The minimum Gasteiger partial charge on any atom is -0.370 e. The van der Waals surface area contributed by atoms with Crippen LogP contribution in [-0.4, -0.2) is 21.5 Å². The van der Waals surface area contributed by atoms with Crippen LogP contribution >= 0.6 is 15.9 Å². The Kier molecular flexibility index (Phi) is 5.83. The Morgan fingerprint density at radius 1 is 1.19 bits per heavy atom. The van der Waals surface area contributed by atoms with E-state index in [9.17, 15) is 4.79 Å². The number of aryl methyl sites for hydroxylation is 2. The van der Waals surface area contributed by atoms with Crippen LogP contribution in [0.2, 0.25) is 0 Å². The lowest BCUT2D eigenvalue weighted by atomic mass is 10.1. The molecule has 0 atom stereocenters. The van der Waals surface area contributed by atoms with E-state index in [2.05, 4.69) is 54.4 Å². The number of halogens is 1. The SMILES string of the molecule is Cc1nc(-c2ccc(NCCCc3cccc(Br)c3)nc2)[nH]c(=O)c1C. The molecule has 0 saturated carbocycles. The number of aromatic nitrogens is 3. The summed E-state index contributed by atoms with van der Waals surface area (Å²) in [4.78, 5) is 23.5. The van der Waals surface area contributed by atoms with Crippen molar-refractivity contribution in [1.29, 1.82) is 0 Å². The van der Waals surface area contributed by atoms with Crippen LogP contribution in [0.5, 0.6) is 0 Å². The van der Waals surface area contributed by atoms with E-state index < -0.39 is 0 Å². The highest BCUT2D eigenvalue weighted by atomic mass is 79.9. The molecule has 134 valence electrons. The molecule has 0 aliphatic carbocycles. The molecule has 1 aromatic carbocycles. The summed E-state index contributed by atoms with van der Waals surface area (Å²) in [6.07, 6.45) is 3.76. The van der Waals surface area contributed by atoms with Crippen LogP contribution in [0.25, 0.3) is 11.4 Å². The monoisotopic (exact) mass is 412 g/mol. The Labute approximate surface area is 161 Å². The number of rotatable bonds is 6. The van der Waals surface area contributed by atoms with Crippen LogP contribution < -0.4 is 10.9 Å². The van der Waals surface area contributed by atoms with Gasteiger partial charge in [0.25, 0.3) is 5.56 Å². The summed E-state index contributed by atoms with van der Waals surface area (Å²) in [6, 6.07) is 12.2. The third-order valence-electron chi connectivity index (χ3n) is 4.27. The van der Waals surface area contributed by atoms with Gasteiger partial charge in [0.1, 0.15) is 11.6 Å². The molecule has 3 rings (SSSR count). The summed E-state index contributed by atoms with van der Waals surface area (Å²) in [5.41, 5.74) is 3.38. The maximum atomic E-state index is 11.9. The van der Waals surface area contributed by atoms with E-state index >= 15 is 0 Å². The van der Waals surface area contributed by atoms with Crippen LogP contribution in [0, 0.1) is 13.8 Å². The number of pyridine rings is 1. The molecular formula is C20H21BrN4O. The molecule has 5 nitrogen and oxygen atoms in total. The van der Waals surface area contributed by atoms with Gasteiger partial charge >= 0.3 is 0 Å². The summed E-state index contributed by atoms with van der Waals surface area (Å²) in [5.74, 6) is 1.36. The first-order valence-electron chi connectivity index (χ1n) is 8.55. The van der Waals surface area contributed by atoms with Gasteiger partial charge in [-0.05, 0) is 56.5 Å². The molecule has 3 aromatic rings. The van der Waals surface area contributed by atoms with Crippen LogP contribution in [0.1, 0.15) is 23.2 Å². The lowest BCUT2D eigenvalue weighted by molar-refractivity contribution is 0.858. The van der Waals surface area contributed by atoms with Gasteiger partial charge in [-0.1, -0.05) is 28.1 Å². The number of hydrogen-bond acceptors (Lipinski definition) is 4.